The summed E-state index contributed by atoms with van der Waals surface area (Å²) in [5, 5.41) is 5.69. The minimum Gasteiger partial charge on any atom is -0.486 e. The molecule has 0 radical (unpaired) electrons. The number of thiophene rings is 1. The Hall–Kier alpha value is -0.490. The van der Waals surface area contributed by atoms with Gasteiger partial charge in [-0.1, -0.05) is 19.1 Å². The smallest absolute Gasteiger partial charge is 0.133 e. The van der Waals surface area contributed by atoms with Crippen LogP contribution in [0.3, 0.4) is 0 Å². The minimum absolute atomic E-state index is 0.157. The molecule has 0 amide bonds. The molecule has 2 aromatic rings. The predicted molar refractivity (Wildman–Crippen MR) is 90.0 cm³/mol. The maximum absolute atomic E-state index is 6.23. The predicted octanol–water partition coefficient (Wildman–Crippen LogP) is 4.71. The number of likely N-dealkylation sites (N-methyl/N-ethyl adjacent to an activating group) is 1. The van der Waals surface area contributed by atoms with Crippen molar-refractivity contribution < 1.29 is 4.74 Å². The first-order valence-electron chi connectivity index (χ1n) is 6.64. The lowest BCUT2D eigenvalue weighted by atomic mass is 10.1. The van der Waals surface area contributed by atoms with Gasteiger partial charge in [0.1, 0.15) is 11.9 Å². The number of benzene rings is 1. The van der Waals surface area contributed by atoms with E-state index in [0.29, 0.717) is 0 Å². The van der Waals surface area contributed by atoms with Crippen LogP contribution >= 0.6 is 39.0 Å². The average Bonchev–Trinajstić information content (AvgIpc) is 2.90. The summed E-state index contributed by atoms with van der Waals surface area (Å²) in [5.74, 6) is 1.98. The van der Waals surface area contributed by atoms with Crippen molar-refractivity contribution in [3.63, 3.8) is 0 Å². The summed E-state index contributed by atoms with van der Waals surface area (Å²) < 4.78 is 7.40. The Morgan fingerprint density at radius 2 is 2.25 bits per heavy atom. The lowest BCUT2D eigenvalue weighted by molar-refractivity contribution is 0.169. The van der Waals surface area contributed by atoms with Gasteiger partial charge in [-0.05, 0) is 46.1 Å². The van der Waals surface area contributed by atoms with Gasteiger partial charge in [-0.3, -0.25) is 0 Å². The molecule has 2 heterocycles. The summed E-state index contributed by atoms with van der Waals surface area (Å²) in [6.45, 7) is 3.07. The van der Waals surface area contributed by atoms with Crippen molar-refractivity contribution >= 4 is 39.0 Å². The summed E-state index contributed by atoms with van der Waals surface area (Å²) in [6.07, 6.45) is 0.157. The van der Waals surface area contributed by atoms with Crippen LogP contribution in [0.2, 0.25) is 0 Å². The number of hydrogen-bond donors (Lipinski definition) is 1. The van der Waals surface area contributed by atoms with E-state index in [9.17, 15) is 0 Å². The number of thioether (sulfide) groups is 1. The van der Waals surface area contributed by atoms with Crippen LogP contribution in [0.25, 0.3) is 0 Å². The van der Waals surface area contributed by atoms with E-state index in [0.717, 1.165) is 18.0 Å². The molecule has 20 heavy (non-hydrogen) atoms. The van der Waals surface area contributed by atoms with Crippen LogP contribution in [0, 0.1) is 0 Å². The van der Waals surface area contributed by atoms with Crippen LogP contribution < -0.4 is 10.1 Å². The summed E-state index contributed by atoms with van der Waals surface area (Å²) in [7, 11) is 0. The molecule has 1 aliphatic heterocycles. The maximum Gasteiger partial charge on any atom is 0.133 e. The molecule has 0 saturated heterocycles. The molecule has 106 valence electrons. The standard InChI is InChI=1S/C15H16BrNOS2/c1-2-17-14(15-10(16)7-8-19-15)12-9-20-13-6-4-3-5-11(13)18-12/h3-8,12,14,17H,2,9H2,1H3. The molecule has 0 spiro atoms. The summed E-state index contributed by atoms with van der Waals surface area (Å²) in [4.78, 5) is 2.56. The number of rotatable bonds is 4. The second kappa shape index (κ2) is 6.52. The highest BCUT2D eigenvalue weighted by Crippen LogP contribution is 2.40. The molecule has 0 aliphatic carbocycles. The Kier molecular flexibility index (Phi) is 4.71. The Balaban J connectivity index is 1.85. The van der Waals surface area contributed by atoms with Gasteiger partial charge in [-0.25, -0.2) is 0 Å². The molecule has 2 atom stereocenters. The molecule has 3 rings (SSSR count). The summed E-state index contributed by atoms with van der Waals surface area (Å²) in [5.41, 5.74) is 0. The summed E-state index contributed by atoms with van der Waals surface area (Å²) >= 11 is 7.30. The topological polar surface area (TPSA) is 21.3 Å². The average molecular weight is 370 g/mol. The number of para-hydroxylation sites is 1. The molecular formula is C15H16BrNOS2. The highest BCUT2D eigenvalue weighted by atomic mass is 79.9. The van der Waals surface area contributed by atoms with Gasteiger partial charge in [-0.2, -0.15) is 0 Å². The van der Waals surface area contributed by atoms with Crippen LogP contribution in [-0.2, 0) is 0 Å². The molecule has 2 nitrogen and oxygen atoms in total. The van der Waals surface area contributed by atoms with Crippen LogP contribution in [0.15, 0.2) is 45.1 Å². The van der Waals surface area contributed by atoms with Crippen LogP contribution in [0.1, 0.15) is 17.8 Å². The van der Waals surface area contributed by atoms with Crippen LogP contribution in [0.4, 0.5) is 0 Å². The first kappa shape index (κ1) is 14.4. The van der Waals surface area contributed by atoms with E-state index in [4.69, 9.17) is 4.74 Å². The van der Waals surface area contributed by atoms with Crippen molar-refractivity contribution in [3.05, 3.63) is 45.1 Å². The third-order valence-electron chi connectivity index (χ3n) is 3.25. The number of ether oxygens (including phenoxy) is 1. The molecular weight excluding hydrogens is 354 g/mol. The maximum atomic E-state index is 6.23. The lowest BCUT2D eigenvalue weighted by Crippen LogP contribution is -2.38. The van der Waals surface area contributed by atoms with Crippen molar-refractivity contribution in [2.24, 2.45) is 0 Å². The summed E-state index contributed by atoms with van der Waals surface area (Å²) in [6, 6.07) is 10.6. The van der Waals surface area contributed by atoms with E-state index in [1.165, 1.54) is 14.2 Å². The number of halogens is 1. The number of hydrogen-bond acceptors (Lipinski definition) is 4. The third-order valence-corrected chi connectivity index (χ3v) is 6.35. The first-order valence-corrected chi connectivity index (χ1v) is 9.30. The van der Waals surface area contributed by atoms with Gasteiger partial charge >= 0.3 is 0 Å². The molecule has 1 aliphatic rings. The largest absolute Gasteiger partial charge is 0.486 e. The Morgan fingerprint density at radius 1 is 1.40 bits per heavy atom. The van der Waals surface area contributed by atoms with Crippen LogP contribution in [-0.4, -0.2) is 18.4 Å². The third kappa shape index (κ3) is 2.91. The van der Waals surface area contributed by atoms with E-state index in [1.807, 2.05) is 17.8 Å². The van der Waals surface area contributed by atoms with Crippen molar-refractivity contribution in [1.82, 2.24) is 5.32 Å². The van der Waals surface area contributed by atoms with Gasteiger partial charge in [0.2, 0.25) is 0 Å². The molecule has 1 aromatic carbocycles. The Bertz CT molecular complexity index is 587. The van der Waals surface area contributed by atoms with Crippen molar-refractivity contribution in [2.75, 3.05) is 12.3 Å². The van der Waals surface area contributed by atoms with Gasteiger partial charge in [0.25, 0.3) is 0 Å². The molecule has 1 aromatic heterocycles. The fourth-order valence-electron chi connectivity index (χ4n) is 2.34. The monoisotopic (exact) mass is 369 g/mol. The second-order valence-corrected chi connectivity index (χ2v) is 7.45. The molecule has 0 fully saturated rings. The van der Waals surface area contributed by atoms with Gasteiger partial charge < -0.3 is 10.1 Å². The normalized spacial score (nSPS) is 19.2. The fraction of sp³-hybridized carbons (Fsp3) is 0.333. The number of nitrogens with one attached hydrogen (secondary N) is 1. The van der Waals surface area contributed by atoms with E-state index >= 15 is 0 Å². The van der Waals surface area contributed by atoms with Gasteiger partial charge in [-0.15, -0.1) is 23.1 Å². The van der Waals surface area contributed by atoms with Gasteiger partial charge in [0, 0.05) is 20.0 Å². The zero-order valence-electron chi connectivity index (χ0n) is 11.1. The zero-order chi connectivity index (χ0) is 13.9. The van der Waals surface area contributed by atoms with E-state index in [1.54, 1.807) is 11.3 Å². The molecule has 5 heteroatoms. The number of fused-ring (bicyclic) bond motifs is 1. The van der Waals surface area contributed by atoms with E-state index in [-0.39, 0.29) is 12.1 Å². The van der Waals surface area contributed by atoms with Gasteiger partial charge in [0.15, 0.2) is 0 Å². The quantitative estimate of drug-likeness (QED) is 0.842. The Labute approximate surface area is 136 Å². The highest BCUT2D eigenvalue weighted by molar-refractivity contribution is 9.10. The van der Waals surface area contributed by atoms with Crippen molar-refractivity contribution in [2.45, 2.75) is 24.0 Å². The molecule has 0 bridgehead atoms. The van der Waals surface area contributed by atoms with Crippen molar-refractivity contribution in [1.29, 1.82) is 0 Å². The van der Waals surface area contributed by atoms with Gasteiger partial charge in [0.05, 0.1) is 6.04 Å². The zero-order valence-corrected chi connectivity index (χ0v) is 14.4. The second-order valence-electron chi connectivity index (χ2n) is 4.58. The molecule has 1 N–H and O–H groups in total. The minimum atomic E-state index is 0.157. The molecule has 0 saturated carbocycles. The SMILES string of the molecule is CCNC(c1sccc1Br)C1CSc2ccccc2O1. The van der Waals surface area contributed by atoms with E-state index in [2.05, 4.69) is 57.8 Å². The Morgan fingerprint density at radius 3 is 3.00 bits per heavy atom. The fourth-order valence-corrected chi connectivity index (χ4v) is 5.13. The highest BCUT2D eigenvalue weighted by Gasteiger charge is 2.30. The lowest BCUT2D eigenvalue weighted by Gasteiger charge is -2.32. The van der Waals surface area contributed by atoms with Crippen LogP contribution in [0.5, 0.6) is 5.75 Å². The first-order chi connectivity index (χ1) is 9.79. The van der Waals surface area contributed by atoms with Crippen molar-refractivity contribution in [3.8, 4) is 5.75 Å². The van der Waals surface area contributed by atoms with E-state index < -0.39 is 0 Å². The molecule has 2 unspecified atom stereocenters.